The van der Waals surface area contributed by atoms with Gasteiger partial charge in [-0.2, -0.15) is 0 Å². The van der Waals surface area contributed by atoms with E-state index in [4.69, 9.17) is 9.47 Å². The average molecular weight is 398 g/mol. The molecule has 1 aliphatic carbocycles. The maximum atomic E-state index is 13.1. The Balaban J connectivity index is 1.45. The summed E-state index contributed by atoms with van der Waals surface area (Å²) >= 11 is 0. The molecule has 2 heterocycles. The van der Waals surface area contributed by atoms with Crippen molar-refractivity contribution in [2.45, 2.75) is 25.0 Å². The molecule has 2 fully saturated rings. The van der Waals surface area contributed by atoms with Crippen molar-refractivity contribution in [2.75, 3.05) is 32.6 Å². The van der Waals surface area contributed by atoms with Gasteiger partial charge in [0.25, 0.3) is 5.91 Å². The molecule has 154 valence electrons. The van der Waals surface area contributed by atoms with Crippen LogP contribution in [-0.2, 0) is 0 Å². The third-order valence-electron chi connectivity index (χ3n) is 5.96. The Morgan fingerprint density at radius 1 is 1.17 bits per heavy atom. The number of carbonyl (C=O) groups is 1. The van der Waals surface area contributed by atoms with Crippen LogP contribution in [0.15, 0.2) is 36.8 Å². The number of fused-ring (bicyclic) bond motifs is 1. The number of likely N-dealkylation sites (tertiary alicyclic amines) is 1. The predicted octanol–water partition coefficient (Wildman–Crippen LogP) is 1.82. The summed E-state index contributed by atoms with van der Waals surface area (Å²) in [6, 6.07) is 5.14. The Kier molecular flexibility index (Phi) is 5.53. The number of hydrogen-bond acceptors (Lipinski definition) is 7. The molecule has 2 N–H and O–H groups in total. The third kappa shape index (κ3) is 3.98. The number of nitrogens with one attached hydrogen (secondary N) is 1. The Labute approximate surface area is 169 Å². The van der Waals surface area contributed by atoms with Gasteiger partial charge in [0, 0.05) is 31.5 Å². The van der Waals surface area contributed by atoms with Crippen molar-refractivity contribution in [1.29, 1.82) is 0 Å². The van der Waals surface area contributed by atoms with E-state index in [1.807, 2.05) is 4.90 Å². The summed E-state index contributed by atoms with van der Waals surface area (Å²) < 4.78 is 10.6. The average Bonchev–Trinajstić information content (AvgIpc) is 3.16. The summed E-state index contributed by atoms with van der Waals surface area (Å²) in [5.74, 6) is 2.38. The largest absolute Gasteiger partial charge is 0.497 e. The van der Waals surface area contributed by atoms with Crippen LogP contribution in [0.3, 0.4) is 0 Å². The zero-order valence-electron chi connectivity index (χ0n) is 16.6. The van der Waals surface area contributed by atoms with Gasteiger partial charge in [0.2, 0.25) is 0 Å². The van der Waals surface area contributed by atoms with Crippen LogP contribution in [0.2, 0.25) is 0 Å². The quantitative estimate of drug-likeness (QED) is 0.793. The van der Waals surface area contributed by atoms with Gasteiger partial charge in [-0.05, 0) is 36.8 Å². The van der Waals surface area contributed by atoms with Gasteiger partial charge in [0.15, 0.2) is 0 Å². The summed E-state index contributed by atoms with van der Waals surface area (Å²) in [7, 11) is 3.13. The van der Waals surface area contributed by atoms with E-state index in [1.54, 1.807) is 51.0 Å². The number of rotatable bonds is 5. The topological polar surface area (TPSA) is 96.8 Å². The van der Waals surface area contributed by atoms with E-state index in [0.29, 0.717) is 48.3 Å². The number of benzene rings is 1. The number of methoxy groups -OCH3 is 2. The van der Waals surface area contributed by atoms with Crippen LogP contribution < -0.4 is 14.8 Å². The molecule has 2 aromatic rings. The fourth-order valence-corrected chi connectivity index (χ4v) is 4.46. The standard InChI is InChI=1S/C21H26N4O4/c1-28-15-3-4-16(19(9-15)29-2)21(27)25-11-13-7-17(18(26)8-14(13)12-25)24-20-10-22-5-6-23-20/h3-6,9-10,13-14,17-18,26H,7-8,11-12H2,1-2H3,(H,23,24)/t13-,14+,17-,18-/m1/s1. The fourth-order valence-electron chi connectivity index (χ4n) is 4.46. The lowest BCUT2D eigenvalue weighted by atomic mass is 9.77. The molecule has 8 nitrogen and oxygen atoms in total. The summed E-state index contributed by atoms with van der Waals surface area (Å²) in [6.45, 7) is 1.32. The van der Waals surface area contributed by atoms with Gasteiger partial charge < -0.3 is 24.8 Å². The number of carbonyl (C=O) groups excluding carboxylic acids is 1. The van der Waals surface area contributed by atoms with Gasteiger partial charge in [-0.3, -0.25) is 9.78 Å². The minimum Gasteiger partial charge on any atom is -0.497 e. The number of anilines is 1. The molecule has 29 heavy (non-hydrogen) atoms. The normalized spacial score (nSPS) is 26.0. The highest BCUT2D eigenvalue weighted by Gasteiger charge is 2.43. The van der Waals surface area contributed by atoms with Gasteiger partial charge in [-0.25, -0.2) is 4.98 Å². The zero-order valence-corrected chi connectivity index (χ0v) is 16.6. The first-order chi connectivity index (χ1) is 14.1. The molecule has 2 aliphatic rings. The number of amides is 1. The molecule has 4 atom stereocenters. The summed E-state index contributed by atoms with van der Waals surface area (Å²) in [5, 5.41) is 13.9. The summed E-state index contributed by atoms with van der Waals surface area (Å²) in [5.41, 5.74) is 0.529. The van der Waals surface area contributed by atoms with Crippen molar-refractivity contribution < 1.29 is 19.4 Å². The molecule has 0 radical (unpaired) electrons. The molecule has 0 spiro atoms. The van der Waals surface area contributed by atoms with Crippen LogP contribution in [0.5, 0.6) is 11.5 Å². The highest BCUT2D eigenvalue weighted by Crippen LogP contribution is 2.38. The maximum Gasteiger partial charge on any atom is 0.257 e. The first-order valence-electron chi connectivity index (χ1n) is 9.81. The van der Waals surface area contributed by atoms with Crippen LogP contribution >= 0.6 is 0 Å². The van der Waals surface area contributed by atoms with Crippen LogP contribution in [-0.4, -0.2) is 65.3 Å². The van der Waals surface area contributed by atoms with Gasteiger partial charge in [0.1, 0.15) is 17.3 Å². The van der Waals surface area contributed by atoms with E-state index in [-0.39, 0.29) is 17.9 Å². The molecule has 1 saturated carbocycles. The lowest BCUT2D eigenvalue weighted by Crippen LogP contribution is -2.43. The molecular formula is C21H26N4O4. The third-order valence-corrected chi connectivity index (χ3v) is 5.96. The maximum absolute atomic E-state index is 13.1. The SMILES string of the molecule is COc1ccc(C(=O)N2C[C@H]3C[C@@H](Nc4cnccn4)[C@H](O)C[C@H]3C2)c(OC)c1. The van der Waals surface area contributed by atoms with E-state index in [2.05, 4.69) is 15.3 Å². The second-order valence-electron chi connectivity index (χ2n) is 7.68. The number of aromatic nitrogens is 2. The molecule has 1 saturated heterocycles. The molecule has 0 bridgehead atoms. The highest BCUT2D eigenvalue weighted by atomic mass is 16.5. The van der Waals surface area contributed by atoms with Crippen molar-refractivity contribution in [3.63, 3.8) is 0 Å². The number of aliphatic hydroxyl groups excluding tert-OH is 1. The van der Waals surface area contributed by atoms with Crippen molar-refractivity contribution in [3.8, 4) is 11.5 Å². The lowest BCUT2D eigenvalue weighted by Gasteiger charge is -2.35. The van der Waals surface area contributed by atoms with Gasteiger partial charge in [-0.15, -0.1) is 0 Å². The van der Waals surface area contributed by atoms with Gasteiger partial charge >= 0.3 is 0 Å². The van der Waals surface area contributed by atoms with Crippen LogP contribution in [0, 0.1) is 11.8 Å². The van der Waals surface area contributed by atoms with E-state index < -0.39 is 6.10 Å². The Morgan fingerprint density at radius 3 is 2.66 bits per heavy atom. The molecule has 4 rings (SSSR count). The van der Waals surface area contributed by atoms with Gasteiger partial charge in [0.05, 0.1) is 38.1 Å². The summed E-state index contributed by atoms with van der Waals surface area (Å²) in [6.07, 6.45) is 5.85. The number of ether oxygens (including phenoxy) is 2. The lowest BCUT2D eigenvalue weighted by molar-refractivity contribution is 0.0726. The van der Waals surface area contributed by atoms with Crippen molar-refractivity contribution in [1.82, 2.24) is 14.9 Å². The molecule has 1 amide bonds. The zero-order chi connectivity index (χ0) is 20.4. The Hall–Kier alpha value is -2.87. The number of hydrogen-bond donors (Lipinski definition) is 2. The molecule has 0 unspecified atom stereocenters. The smallest absolute Gasteiger partial charge is 0.257 e. The highest BCUT2D eigenvalue weighted by molar-refractivity contribution is 5.97. The molecule has 1 aromatic heterocycles. The first kappa shape index (κ1) is 19.4. The minimum atomic E-state index is -0.483. The first-order valence-corrected chi connectivity index (χ1v) is 9.81. The monoisotopic (exact) mass is 398 g/mol. The second-order valence-corrected chi connectivity index (χ2v) is 7.68. The second kappa shape index (κ2) is 8.24. The van der Waals surface area contributed by atoms with E-state index in [0.717, 1.165) is 6.42 Å². The molecule has 1 aromatic carbocycles. The molecule has 8 heteroatoms. The van der Waals surface area contributed by atoms with E-state index in [9.17, 15) is 9.90 Å². The van der Waals surface area contributed by atoms with E-state index in [1.165, 1.54) is 0 Å². The van der Waals surface area contributed by atoms with Crippen molar-refractivity contribution >= 4 is 11.7 Å². The summed E-state index contributed by atoms with van der Waals surface area (Å²) in [4.78, 5) is 23.3. The molecular weight excluding hydrogens is 372 g/mol. The van der Waals surface area contributed by atoms with Crippen molar-refractivity contribution in [3.05, 3.63) is 42.4 Å². The van der Waals surface area contributed by atoms with Crippen LogP contribution in [0.1, 0.15) is 23.2 Å². The minimum absolute atomic E-state index is 0.0492. The number of aliphatic hydroxyl groups is 1. The van der Waals surface area contributed by atoms with Crippen molar-refractivity contribution in [2.24, 2.45) is 11.8 Å². The molecule has 1 aliphatic heterocycles. The fraction of sp³-hybridized carbons (Fsp3) is 0.476. The Bertz CT molecular complexity index is 863. The van der Waals surface area contributed by atoms with E-state index >= 15 is 0 Å². The van der Waals surface area contributed by atoms with Crippen LogP contribution in [0.4, 0.5) is 5.82 Å². The predicted molar refractivity (Wildman–Crippen MR) is 107 cm³/mol. The van der Waals surface area contributed by atoms with Gasteiger partial charge in [-0.1, -0.05) is 0 Å². The number of nitrogens with zero attached hydrogens (tertiary/aromatic N) is 3. The Morgan fingerprint density at radius 2 is 1.97 bits per heavy atom. The van der Waals surface area contributed by atoms with Crippen LogP contribution in [0.25, 0.3) is 0 Å².